The molecule has 1 aromatic carbocycles. The summed E-state index contributed by atoms with van der Waals surface area (Å²) in [6, 6.07) is 11.8. The molecule has 0 unspecified atom stereocenters. The minimum Gasteiger partial charge on any atom is -0.352 e. The third kappa shape index (κ3) is 3.37. The van der Waals surface area contributed by atoms with Gasteiger partial charge in [0.25, 0.3) is 5.91 Å². The Bertz CT molecular complexity index is 812. The van der Waals surface area contributed by atoms with Crippen molar-refractivity contribution in [2.75, 3.05) is 6.54 Å². The molecule has 0 radical (unpaired) electrons. The minimum atomic E-state index is -0.0553. The Morgan fingerprint density at radius 2 is 1.87 bits per heavy atom. The van der Waals surface area contributed by atoms with Crippen molar-refractivity contribution in [3.05, 3.63) is 65.6 Å². The van der Waals surface area contributed by atoms with Crippen molar-refractivity contribution in [3.63, 3.8) is 0 Å². The molecule has 0 aliphatic carbocycles. The van der Waals surface area contributed by atoms with Gasteiger partial charge < -0.3 is 9.88 Å². The Hall–Kier alpha value is -2.33. The van der Waals surface area contributed by atoms with Gasteiger partial charge >= 0.3 is 0 Å². The summed E-state index contributed by atoms with van der Waals surface area (Å²) in [5, 5.41) is 4.24. The maximum Gasteiger partial charge on any atom is 0.251 e. The number of nitrogens with zero attached hydrogens (tertiary/aromatic N) is 2. The monoisotopic (exact) mass is 329 g/mol. The van der Waals surface area contributed by atoms with Crippen molar-refractivity contribution in [2.24, 2.45) is 7.05 Å². The van der Waals surface area contributed by atoms with Gasteiger partial charge in [-0.25, -0.2) is 0 Å². The molecule has 5 heteroatoms. The normalized spacial score (nSPS) is 10.3. The number of aromatic nitrogens is 2. The molecule has 0 aliphatic heterocycles. The molecule has 4 nitrogen and oxygen atoms in total. The van der Waals surface area contributed by atoms with Crippen molar-refractivity contribution < 1.29 is 4.79 Å². The number of para-hydroxylation sites is 1. The molecule has 0 saturated heterocycles. The third-order valence-electron chi connectivity index (χ3n) is 4.13. The standard InChI is InChI=1S/C18H19N3O.ClH/c1-13-15(16-5-3-4-6-17(16)21(13)2)9-12-20-18(22)14-7-10-19-11-8-14;/h3-8,10-11H,9,12H2,1-2H3,(H,20,22);1H. The van der Waals surface area contributed by atoms with Crippen LogP contribution in [0.4, 0.5) is 0 Å². The number of aryl methyl sites for hydroxylation is 1. The average Bonchev–Trinajstić information content (AvgIpc) is 2.81. The SMILES string of the molecule is Cc1c(CCNC(=O)c2ccncc2)c2ccccc2n1C.Cl. The van der Waals surface area contributed by atoms with E-state index in [1.807, 2.05) is 0 Å². The van der Waals surface area contributed by atoms with Crippen LogP contribution in [-0.4, -0.2) is 22.0 Å². The Labute approximate surface area is 141 Å². The molecule has 0 fully saturated rings. The summed E-state index contributed by atoms with van der Waals surface area (Å²) in [5.41, 5.74) is 4.42. The van der Waals surface area contributed by atoms with E-state index in [1.165, 1.54) is 22.2 Å². The van der Waals surface area contributed by atoms with Crippen molar-refractivity contribution in [1.82, 2.24) is 14.9 Å². The van der Waals surface area contributed by atoms with E-state index < -0.39 is 0 Å². The molecule has 23 heavy (non-hydrogen) atoms. The predicted molar refractivity (Wildman–Crippen MR) is 95.2 cm³/mol. The van der Waals surface area contributed by atoms with Crippen LogP contribution in [0.5, 0.6) is 0 Å². The number of rotatable bonds is 4. The molecular weight excluding hydrogens is 310 g/mol. The first-order valence-corrected chi connectivity index (χ1v) is 7.39. The maximum absolute atomic E-state index is 12.0. The van der Waals surface area contributed by atoms with Crippen LogP contribution >= 0.6 is 12.4 Å². The lowest BCUT2D eigenvalue weighted by Crippen LogP contribution is -2.25. The molecule has 0 aliphatic rings. The lowest BCUT2D eigenvalue weighted by atomic mass is 10.1. The Kier molecular flexibility index (Phi) is 5.40. The summed E-state index contributed by atoms with van der Waals surface area (Å²) in [5.74, 6) is -0.0553. The van der Waals surface area contributed by atoms with Crippen LogP contribution < -0.4 is 5.32 Å². The Morgan fingerprint density at radius 3 is 2.61 bits per heavy atom. The fraction of sp³-hybridized carbons (Fsp3) is 0.222. The van der Waals surface area contributed by atoms with E-state index in [-0.39, 0.29) is 18.3 Å². The van der Waals surface area contributed by atoms with Gasteiger partial charge in [0.05, 0.1) is 0 Å². The molecule has 2 heterocycles. The Balaban J connectivity index is 0.00000192. The Morgan fingerprint density at radius 1 is 1.17 bits per heavy atom. The number of hydrogen-bond acceptors (Lipinski definition) is 2. The van der Waals surface area contributed by atoms with Crippen molar-refractivity contribution in [3.8, 4) is 0 Å². The lowest BCUT2D eigenvalue weighted by Gasteiger charge is -2.06. The second-order valence-electron chi connectivity index (χ2n) is 5.38. The molecule has 0 spiro atoms. The van der Waals surface area contributed by atoms with E-state index in [1.54, 1.807) is 24.5 Å². The van der Waals surface area contributed by atoms with E-state index in [4.69, 9.17) is 0 Å². The van der Waals surface area contributed by atoms with E-state index in [0.29, 0.717) is 12.1 Å². The number of pyridine rings is 1. The topological polar surface area (TPSA) is 46.9 Å². The van der Waals surface area contributed by atoms with E-state index in [9.17, 15) is 4.79 Å². The van der Waals surface area contributed by atoms with Crippen LogP contribution in [0.2, 0.25) is 0 Å². The number of amides is 1. The second kappa shape index (κ2) is 7.29. The fourth-order valence-electron chi connectivity index (χ4n) is 2.82. The highest BCUT2D eigenvalue weighted by atomic mass is 35.5. The van der Waals surface area contributed by atoms with Crippen LogP contribution in [0.1, 0.15) is 21.6 Å². The highest BCUT2D eigenvalue weighted by Gasteiger charge is 2.11. The smallest absolute Gasteiger partial charge is 0.251 e. The molecular formula is C18H20ClN3O. The lowest BCUT2D eigenvalue weighted by molar-refractivity contribution is 0.0954. The minimum absolute atomic E-state index is 0. The first kappa shape index (κ1) is 17.0. The summed E-state index contributed by atoms with van der Waals surface area (Å²) in [4.78, 5) is 16.0. The van der Waals surface area contributed by atoms with Crippen molar-refractivity contribution >= 4 is 29.2 Å². The van der Waals surface area contributed by atoms with Crippen molar-refractivity contribution in [2.45, 2.75) is 13.3 Å². The molecule has 120 valence electrons. The summed E-state index contributed by atoms with van der Waals surface area (Å²) in [7, 11) is 2.08. The number of halogens is 1. The van der Waals surface area contributed by atoms with Gasteiger partial charge in [-0.1, -0.05) is 18.2 Å². The molecule has 0 atom stereocenters. The zero-order chi connectivity index (χ0) is 15.5. The average molecular weight is 330 g/mol. The molecule has 0 saturated carbocycles. The van der Waals surface area contributed by atoms with Gasteiger partial charge in [0.15, 0.2) is 0 Å². The number of carbonyl (C=O) groups excluding carboxylic acids is 1. The van der Waals surface area contributed by atoms with Gasteiger partial charge in [-0.2, -0.15) is 0 Å². The van der Waals surface area contributed by atoms with Gasteiger partial charge in [0.2, 0.25) is 0 Å². The van der Waals surface area contributed by atoms with Gasteiger partial charge in [-0.05, 0) is 37.1 Å². The molecule has 3 aromatic rings. The first-order chi connectivity index (χ1) is 10.7. The molecule has 1 amide bonds. The molecule has 3 rings (SSSR count). The highest BCUT2D eigenvalue weighted by molar-refractivity contribution is 5.94. The van der Waals surface area contributed by atoms with Crippen LogP contribution in [0.25, 0.3) is 10.9 Å². The van der Waals surface area contributed by atoms with Crippen molar-refractivity contribution in [1.29, 1.82) is 0 Å². The number of nitrogens with one attached hydrogen (secondary N) is 1. The number of hydrogen-bond donors (Lipinski definition) is 1. The van der Waals surface area contributed by atoms with E-state index in [0.717, 1.165) is 6.42 Å². The molecule has 2 aromatic heterocycles. The quantitative estimate of drug-likeness (QED) is 0.798. The van der Waals surface area contributed by atoms with Gasteiger partial charge in [-0.3, -0.25) is 9.78 Å². The summed E-state index contributed by atoms with van der Waals surface area (Å²) < 4.78 is 2.20. The molecule has 0 bridgehead atoms. The third-order valence-corrected chi connectivity index (χ3v) is 4.13. The van der Waals surface area contributed by atoms with Crippen LogP contribution in [0, 0.1) is 6.92 Å². The van der Waals surface area contributed by atoms with Crippen LogP contribution in [-0.2, 0) is 13.5 Å². The zero-order valence-electron chi connectivity index (χ0n) is 13.2. The fourth-order valence-corrected chi connectivity index (χ4v) is 2.82. The van der Waals surface area contributed by atoms with Gasteiger partial charge in [0.1, 0.15) is 0 Å². The van der Waals surface area contributed by atoms with E-state index >= 15 is 0 Å². The molecule has 1 N–H and O–H groups in total. The number of fused-ring (bicyclic) bond motifs is 1. The summed E-state index contributed by atoms with van der Waals surface area (Å²) in [6.45, 7) is 2.75. The highest BCUT2D eigenvalue weighted by Crippen LogP contribution is 2.24. The van der Waals surface area contributed by atoms with Crippen LogP contribution in [0.3, 0.4) is 0 Å². The number of benzene rings is 1. The summed E-state index contributed by atoms with van der Waals surface area (Å²) >= 11 is 0. The van der Waals surface area contributed by atoms with Gasteiger partial charge in [0, 0.05) is 48.1 Å². The number of carbonyl (C=O) groups is 1. The summed E-state index contributed by atoms with van der Waals surface area (Å²) in [6.07, 6.45) is 4.08. The second-order valence-corrected chi connectivity index (χ2v) is 5.38. The maximum atomic E-state index is 12.0. The zero-order valence-corrected chi connectivity index (χ0v) is 14.1. The van der Waals surface area contributed by atoms with E-state index in [2.05, 4.69) is 53.1 Å². The predicted octanol–water partition coefficient (Wildman–Crippen LogP) is 3.28. The van der Waals surface area contributed by atoms with Crippen LogP contribution in [0.15, 0.2) is 48.8 Å². The largest absolute Gasteiger partial charge is 0.352 e. The first-order valence-electron chi connectivity index (χ1n) is 7.39. The van der Waals surface area contributed by atoms with Gasteiger partial charge in [-0.15, -0.1) is 12.4 Å².